The van der Waals surface area contributed by atoms with Crippen LogP contribution in [0.1, 0.15) is 314 Å². The second-order valence-electron chi connectivity index (χ2n) is 41.4. The van der Waals surface area contributed by atoms with Crippen LogP contribution in [0.25, 0.3) is 10.9 Å². The molecule has 0 saturated heterocycles. The van der Waals surface area contributed by atoms with Crippen molar-refractivity contribution in [2.24, 2.45) is 63.3 Å². The highest BCUT2D eigenvalue weighted by atomic mass is 32.1. The SMILES string of the molecule is C1=CN=CC1.C1=NCc2ccccc21.C1=NCc2ncncc21.C1=NCc2ncncc21.CC(C)(C)C.CC(C)(C)C.CC(C)(C)C.CC(C)(C)C.CC(C)(C)C.CC(C)(C)C.CC(C)(C)C.CC(C)(C)C.CC(C)(C)c1[nH]nc2ccccc12.CC(C)(C)c1nccs1.c1c[nH]cn1.c1cnccn1.c1cnoc1.c1cnsc1. The number of H-pyrrole nitrogens is 2. The molecule has 640 valence electrons. The second kappa shape index (κ2) is 59.8. The highest BCUT2D eigenvalue weighted by Gasteiger charge is 2.19. The lowest BCUT2D eigenvalue weighted by molar-refractivity contribution is 0.420. The van der Waals surface area contributed by atoms with Gasteiger partial charge in [-0.15, -0.1) is 11.3 Å². The summed E-state index contributed by atoms with van der Waals surface area (Å²) in [5, 5.41) is 17.1. The van der Waals surface area contributed by atoms with Crippen LogP contribution in [-0.4, -0.2) is 89.4 Å². The Morgan fingerprint density at radius 1 is 0.400 bits per heavy atom. The van der Waals surface area contributed by atoms with Gasteiger partial charge in [0.05, 0.1) is 54.1 Å². The normalized spacial score (nSPS) is 11.9. The van der Waals surface area contributed by atoms with Gasteiger partial charge >= 0.3 is 0 Å². The van der Waals surface area contributed by atoms with E-state index in [1.54, 1.807) is 117 Å². The number of hydrogen-bond donors (Lipinski definition) is 2. The summed E-state index contributed by atoms with van der Waals surface area (Å²) in [5.41, 5.74) is 13.4. The summed E-state index contributed by atoms with van der Waals surface area (Å²) in [6.07, 6.45) is 37.3. The first-order valence-corrected chi connectivity index (χ1v) is 41.3. The van der Waals surface area contributed by atoms with Crippen LogP contribution < -0.4 is 0 Å². The molecule has 12 heterocycles. The van der Waals surface area contributed by atoms with E-state index in [1.165, 1.54) is 45.0 Å². The minimum atomic E-state index is 0.135. The highest BCUT2D eigenvalue weighted by Crippen LogP contribution is 2.28. The van der Waals surface area contributed by atoms with E-state index in [9.17, 15) is 0 Å². The van der Waals surface area contributed by atoms with Crippen molar-refractivity contribution >= 4 is 58.6 Å². The summed E-state index contributed by atoms with van der Waals surface area (Å²) < 4.78 is 8.10. The minimum Gasteiger partial charge on any atom is -0.365 e. The predicted molar refractivity (Wildman–Crippen MR) is 503 cm³/mol. The molecule has 18 nitrogen and oxygen atoms in total. The first kappa shape index (κ1) is 113. The van der Waals surface area contributed by atoms with Gasteiger partial charge in [0.15, 0.2) is 0 Å². The van der Waals surface area contributed by atoms with Crippen LogP contribution in [0.4, 0.5) is 0 Å². The molecule has 0 unspecified atom stereocenters. The Kier molecular flexibility index (Phi) is 58.6. The molecule has 20 heteroatoms. The fraction of sp³-hybridized carbons (Fsp3) is 0.547. The van der Waals surface area contributed by atoms with Gasteiger partial charge in [-0.3, -0.25) is 35.0 Å². The lowest BCUT2D eigenvalue weighted by atomic mass is 9.90. The first-order valence-electron chi connectivity index (χ1n) is 39.6. The van der Waals surface area contributed by atoms with Crippen LogP contribution in [-0.2, 0) is 30.5 Å². The van der Waals surface area contributed by atoms with E-state index in [2.05, 4.69) is 370 Å². The van der Waals surface area contributed by atoms with Gasteiger partial charge in [-0.1, -0.05) is 317 Å². The topological polar surface area (TPSA) is 236 Å². The Hall–Kier alpha value is -8.75. The Morgan fingerprint density at radius 2 is 0.843 bits per heavy atom. The Labute approximate surface area is 708 Å². The summed E-state index contributed by atoms with van der Waals surface area (Å²) in [7, 11) is 0. The molecular formula is C95H157N17OS2. The van der Waals surface area contributed by atoms with Crippen LogP contribution in [0.15, 0.2) is 202 Å². The molecule has 0 amide bonds. The molecule has 14 rings (SSSR count). The van der Waals surface area contributed by atoms with E-state index >= 15 is 0 Å². The molecule has 10 aromatic rings. The summed E-state index contributed by atoms with van der Waals surface area (Å²) >= 11 is 3.18. The van der Waals surface area contributed by atoms with E-state index in [0.29, 0.717) is 43.3 Å². The minimum absolute atomic E-state index is 0.135. The van der Waals surface area contributed by atoms with Crippen molar-refractivity contribution in [2.75, 3.05) is 0 Å². The van der Waals surface area contributed by atoms with Crippen LogP contribution in [0.2, 0.25) is 0 Å². The summed E-state index contributed by atoms with van der Waals surface area (Å²) in [5.74, 6) is 0. The molecule has 0 radical (unpaired) electrons. The summed E-state index contributed by atoms with van der Waals surface area (Å²) in [6.45, 7) is 85.4. The quantitative estimate of drug-likeness (QED) is 0.144. The van der Waals surface area contributed by atoms with Gasteiger partial charge in [-0.2, -0.15) is 5.10 Å². The number of aliphatic imine (C=N–C) groups is 4. The van der Waals surface area contributed by atoms with Crippen molar-refractivity contribution in [1.29, 1.82) is 0 Å². The number of aromatic nitrogens is 13. The molecule has 115 heavy (non-hydrogen) atoms. The molecule has 4 aliphatic rings. The van der Waals surface area contributed by atoms with E-state index in [-0.39, 0.29) is 10.8 Å². The number of hydrogen-bond acceptors (Lipinski definition) is 18. The molecule has 0 spiro atoms. The van der Waals surface area contributed by atoms with Gasteiger partial charge in [0, 0.05) is 143 Å². The molecule has 2 N–H and O–H groups in total. The van der Waals surface area contributed by atoms with Crippen molar-refractivity contribution in [3.63, 3.8) is 0 Å². The Morgan fingerprint density at radius 3 is 1.12 bits per heavy atom. The number of rotatable bonds is 0. The van der Waals surface area contributed by atoms with Crippen molar-refractivity contribution < 1.29 is 4.52 Å². The van der Waals surface area contributed by atoms with Crippen molar-refractivity contribution in [3.05, 3.63) is 221 Å². The molecule has 0 atom stereocenters. The summed E-state index contributed by atoms with van der Waals surface area (Å²) in [6, 6.07) is 20.1. The maximum Gasteiger partial charge on any atom is 0.123 e. The number of para-hydroxylation sites is 1. The number of thiazole rings is 1. The molecule has 0 bridgehead atoms. The lowest BCUT2D eigenvalue weighted by Crippen LogP contribution is -2.11. The number of aromatic amines is 2. The van der Waals surface area contributed by atoms with E-state index in [1.807, 2.05) is 71.9 Å². The number of allylic oxidation sites excluding steroid dienone is 1. The molecule has 0 saturated carbocycles. The van der Waals surface area contributed by atoms with Crippen molar-refractivity contribution in [1.82, 2.24) is 64.6 Å². The van der Waals surface area contributed by atoms with E-state index < -0.39 is 0 Å². The smallest absolute Gasteiger partial charge is 0.123 e. The van der Waals surface area contributed by atoms with Crippen molar-refractivity contribution in [3.8, 4) is 0 Å². The molecule has 4 aliphatic heterocycles. The molecule has 8 aromatic heterocycles. The molecular weight excluding hydrogens is 1460 g/mol. The lowest BCUT2D eigenvalue weighted by Gasteiger charge is -2.16. The summed E-state index contributed by atoms with van der Waals surface area (Å²) in [4.78, 5) is 49.8. The Bertz CT molecular complexity index is 3500. The third-order valence-corrected chi connectivity index (χ3v) is 11.3. The van der Waals surface area contributed by atoms with E-state index in [4.69, 9.17) is 0 Å². The van der Waals surface area contributed by atoms with E-state index in [0.717, 1.165) is 54.1 Å². The third kappa shape index (κ3) is 97.5. The number of imidazole rings is 1. The average Bonchev–Trinajstić information content (AvgIpc) is 1.66. The van der Waals surface area contributed by atoms with Gasteiger partial charge in [0.25, 0.3) is 0 Å². The van der Waals surface area contributed by atoms with Gasteiger partial charge in [0.2, 0.25) is 0 Å². The highest BCUT2D eigenvalue weighted by molar-refractivity contribution is 7.09. The van der Waals surface area contributed by atoms with Crippen LogP contribution >= 0.6 is 22.9 Å². The van der Waals surface area contributed by atoms with Crippen LogP contribution in [0.3, 0.4) is 0 Å². The molecule has 0 aliphatic carbocycles. The standard InChI is InChI=1S/C11H14N2.C8H7N.C7H11NS.2C6H5N3.8C5H12.C4H4N2.C4H5N.C3H4N2.C3H3NO.C3H3NS/c1-11(2,3)10-8-6-4-5-7-9(8)12-13-10;1-2-4-8-6-9-5-7(8)3-1;1-7(2,3)6-8-4-5-9-6;2*1-5-2-8-4-9-6(5)3-7-1;8*1-5(2,3)4;1-2-6-4-3-5-1;1-2-4-5-3-1;1-2-5-3-4-1;2*1-2-4-5-3-1/h4-7H,1-3H3,(H,12,13);1-5H,6H2;4-5H,1-3H3;2*1-2,4H,3H2;8*1-4H3;1-4H;1,3-4H,2H2;1-3H,(H,4,5);2*1-3H. The number of fused-ring (bicyclic) bond motifs is 4. The zero-order valence-corrected chi connectivity index (χ0v) is 80.4. The van der Waals surface area contributed by atoms with Gasteiger partial charge in [-0.05, 0) is 84.2 Å². The molecule has 2 aromatic carbocycles. The van der Waals surface area contributed by atoms with Crippen molar-refractivity contribution in [2.45, 2.75) is 300 Å². The number of nitrogens with one attached hydrogen (secondary N) is 2. The zero-order valence-electron chi connectivity index (χ0n) is 78.8. The van der Waals surface area contributed by atoms with Gasteiger partial charge < -0.3 is 9.51 Å². The Balaban J connectivity index is -0.000000573. The van der Waals surface area contributed by atoms with Crippen LogP contribution in [0, 0.1) is 43.3 Å². The average molecular weight is 1620 g/mol. The van der Waals surface area contributed by atoms with Gasteiger partial charge in [0.1, 0.15) is 18.9 Å². The van der Waals surface area contributed by atoms with Crippen LogP contribution in [0.5, 0.6) is 0 Å². The fourth-order valence-corrected chi connectivity index (χ4v) is 7.04. The third-order valence-electron chi connectivity index (χ3n) is 9.55. The molecule has 0 fully saturated rings. The number of nitrogens with zero attached hydrogens (tertiary/aromatic N) is 15. The van der Waals surface area contributed by atoms with Gasteiger partial charge in [-0.25, -0.2) is 34.3 Å². The second-order valence-corrected chi connectivity index (χ2v) is 43.0. The zero-order chi connectivity index (χ0) is 89.1. The largest absolute Gasteiger partial charge is 0.365 e. The maximum atomic E-state index is 4.33. The maximum absolute atomic E-state index is 4.33. The number of benzene rings is 2. The fourth-order valence-electron chi connectivity index (χ4n) is 5.97. The monoisotopic (exact) mass is 1620 g/mol. The first-order chi connectivity index (χ1) is 52.6. The predicted octanol–water partition coefficient (Wildman–Crippen LogP) is 27.8.